The summed E-state index contributed by atoms with van der Waals surface area (Å²) in [5.74, 6) is -9.89. The average Bonchev–Trinajstić information content (AvgIpc) is 3.98. The smallest absolute Gasteiger partial charge is 0.323 e. The van der Waals surface area contributed by atoms with E-state index in [1.807, 2.05) is 6.92 Å². The quantitative estimate of drug-likeness (QED) is 0.0169. The third-order valence-corrected chi connectivity index (χ3v) is 13.2. The summed E-state index contributed by atoms with van der Waals surface area (Å²) in [6.45, 7) is 7.24. The number of hydrogen-bond donors (Lipinski definition) is 16. The van der Waals surface area contributed by atoms with E-state index in [0.29, 0.717) is 31.4 Å². The standard InChI is InChI=1S/C53H88N18O13/c1-7-9-22-71(28-41(76)77)51(84)42(30(3)8-2)67-39(74)27-70(23-14-21-61-53(57)58)40(75)26-62-49(82)43(32(5)72)69-50(83)44(33(6)73)68-48(81)38(24-35-25-59-29-63-35)66-47(80)37(19-18-34-15-11-10-12-16-34)65-45(78)31(4)64-46(79)36(54)17-13-20-60-52(55)56/h10-12,15-16,25,29-33,36-38,42-44,72-73H,7-9,13-14,17-24,26-28,54H2,1-6H3,(H,59,63)(H,62,82)(H,64,79)(H,65,78)(H,66,80)(H,67,74)(H,68,81)(H,69,83)(H,76,77)(H4,55,56,60)(H4,57,58,61)/t30?,31-,32+,33+,36-,37-,38-,42-,43-,44-/m0/s1. The second kappa shape index (κ2) is 37.6. The highest BCUT2D eigenvalue weighted by Crippen LogP contribution is 2.14. The molecule has 2 rings (SSSR count). The Labute approximate surface area is 488 Å². The zero-order chi connectivity index (χ0) is 63.1. The zero-order valence-electron chi connectivity index (χ0n) is 48.7. The molecule has 1 aromatic heterocycles. The normalized spacial score (nSPS) is 14.5. The van der Waals surface area contributed by atoms with Crippen molar-refractivity contribution >= 4 is 71.1 Å². The number of carboxylic acids is 1. The van der Waals surface area contributed by atoms with Gasteiger partial charge in [0.1, 0.15) is 42.8 Å². The van der Waals surface area contributed by atoms with E-state index in [1.54, 1.807) is 44.2 Å². The fraction of sp³-hybridized carbons (Fsp3) is 0.604. The highest BCUT2D eigenvalue weighted by molar-refractivity contribution is 5.98. The molecule has 0 aliphatic heterocycles. The van der Waals surface area contributed by atoms with Gasteiger partial charge in [-0.15, -0.1) is 0 Å². The number of aromatic amines is 1. The van der Waals surface area contributed by atoms with E-state index >= 15 is 0 Å². The predicted molar refractivity (Wildman–Crippen MR) is 309 cm³/mol. The molecule has 1 heterocycles. The molecule has 468 valence electrons. The minimum Gasteiger partial charge on any atom is -0.480 e. The summed E-state index contributed by atoms with van der Waals surface area (Å²) in [6.07, 6.45) is 1.63. The molecule has 0 fully saturated rings. The van der Waals surface area contributed by atoms with E-state index in [-0.39, 0.29) is 70.2 Å². The summed E-state index contributed by atoms with van der Waals surface area (Å²) < 4.78 is 0. The van der Waals surface area contributed by atoms with Gasteiger partial charge in [0.15, 0.2) is 11.9 Å². The van der Waals surface area contributed by atoms with Crippen LogP contribution in [0.5, 0.6) is 0 Å². The number of aliphatic imine (C=N–C) groups is 2. The second-order valence-electron chi connectivity index (χ2n) is 20.3. The van der Waals surface area contributed by atoms with Gasteiger partial charge in [0.25, 0.3) is 0 Å². The summed E-state index contributed by atoms with van der Waals surface area (Å²) in [6, 6.07) is -0.902. The first-order valence-electron chi connectivity index (χ1n) is 27.8. The van der Waals surface area contributed by atoms with Gasteiger partial charge in [-0.2, -0.15) is 0 Å². The Morgan fingerprint density at radius 2 is 1.24 bits per heavy atom. The van der Waals surface area contributed by atoms with Crippen LogP contribution in [0.4, 0.5) is 0 Å². The van der Waals surface area contributed by atoms with Crippen LogP contribution in [0.1, 0.15) is 97.7 Å². The summed E-state index contributed by atoms with van der Waals surface area (Å²) in [7, 11) is 0. The van der Waals surface area contributed by atoms with E-state index in [0.717, 1.165) is 29.2 Å². The number of aromatic nitrogens is 2. The van der Waals surface area contributed by atoms with Gasteiger partial charge in [-0.05, 0) is 70.8 Å². The number of aliphatic hydroxyl groups excluding tert-OH is 2. The minimum absolute atomic E-state index is 0.00160. The van der Waals surface area contributed by atoms with E-state index in [1.165, 1.54) is 19.4 Å². The van der Waals surface area contributed by atoms with Gasteiger partial charge in [-0.3, -0.25) is 57.9 Å². The molecule has 1 unspecified atom stereocenters. The van der Waals surface area contributed by atoms with Gasteiger partial charge in [0, 0.05) is 44.5 Å². The number of aliphatic hydroxyl groups is 2. The number of nitrogens with one attached hydrogen (secondary N) is 8. The fourth-order valence-electron chi connectivity index (χ4n) is 8.16. The number of nitrogens with two attached hydrogens (primary N) is 5. The summed E-state index contributed by atoms with van der Waals surface area (Å²) in [5, 5.41) is 48.6. The van der Waals surface area contributed by atoms with E-state index in [9.17, 15) is 63.3 Å². The number of guanidine groups is 2. The van der Waals surface area contributed by atoms with Gasteiger partial charge in [-0.25, -0.2) is 4.98 Å². The molecule has 0 saturated carbocycles. The molecule has 21 N–H and O–H groups in total. The lowest BCUT2D eigenvalue weighted by Gasteiger charge is -2.31. The van der Waals surface area contributed by atoms with Crippen molar-refractivity contribution in [3.8, 4) is 0 Å². The molecular formula is C53H88N18O13. The van der Waals surface area contributed by atoms with Crippen molar-refractivity contribution in [2.45, 2.75) is 154 Å². The SMILES string of the molecule is CCCCN(CC(=O)O)C(=O)[C@@H](NC(=O)CN(CCCN=C(N)N)C(=O)CNC(=O)[C@@H](NC(=O)[C@@H](NC(=O)[C@H](Cc1cnc[nH]1)NC(=O)[C@H](CCc1ccccc1)NC(=O)[C@H](C)NC(=O)[C@@H](N)CCCN=C(N)N)[C@@H](C)O)[C@@H](C)O)C(C)CC. The molecule has 0 aliphatic rings. The third kappa shape index (κ3) is 26.6. The van der Waals surface area contributed by atoms with Crippen molar-refractivity contribution in [3.63, 3.8) is 0 Å². The van der Waals surface area contributed by atoms with Crippen LogP contribution in [0.3, 0.4) is 0 Å². The lowest BCUT2D eigenvalue weighted by Crippen LogP contribution is -2.62. The number of hydrogen-bond acceptors (Lipinski definition) is 16. The van der Waals surface area contributed by atoms with Crippen LogP contribution in [0.2, 0.25) is 0 Å². The number of carbonyl (C=O) groups is 10. The number of benzene rings is 1. The predicted octanol–water partition coefficient (Wildman–Crippen LogP) is -4.98. The largest absolute Gasteiger partial charge is 0.480 e. The lowest BCUT2D eigenvalue weighted by molar-refractivity contribution is -0.147. The van der Waals surface area contributed by atoms with E-state index in [4.69, 9.17) is 28.7 Å². The molecule has 1 aromatic carbocycles. The molecule has 84 heavy (non-hydrogen) atoms. The van der Waals surface area contributed by atoms with Gasteiger partial charge in [-0.1, -0.05) is 63.9 Å². The molecule has 0 aliphatic carbocycles. The van der Waals surface area contributed by atoms with Crippen molar-refractivity contribution in [1.82, 2.24) is 57.0 Å². The molecule has 0 bridgehead atoms. The van der Waals surface area contributed by atoms with Crippen LogP contribution in [0.15, 0.2) is 52.8 Å². The van der Waals surface area contributed by atoms with Crippen LogP contribution in [0, 0.1) is 5.92 Å². The maximum absolute atomic E-state index is 14.3. The van der Waals surface area contributed by atoms with Gasteiger partial charge in [0.2, 0.25) is 53.2 Å². The monoisotopic (exact) mass is 1180 g/mol. The zero-order valence-corrected chi connectivity index (χ0v) is 48.7. The molecule has 0 spiro atoms. The Balaban J connectivity index is 2.34. The maximum atomic E-state index is 14.3. The Hall–Kier alpha value is -8.45. The van der Waals surface area contributed by atoms with E-state index in [2.05, 4.69) is 57.2 Å². The summed E-state index contributed by atoms with van der Waals surface area (Å²) >= 11 is 0. The van der Waals surface area contributed by atoms with Crippen LogP contribution in [-0.4, -0.2) is 206 Å². The van der Waals surface area contributed by atoms with Crippen LogP contribution >= 0.6 is 0 Å². The number of carboxylic acid groups (broad SMARTS) is 1. The first-order chi connectivity index (χ1) is 39.7. The number of nitrogens with zero attached hydrogens (tertiary/aromatic N) is 5. The van der Waals surface area contributed by atoms with Crippen LogP contribution in [0.25, 0.3) is 0 Å². The molecule has 0 radical (unpaired) electrons. The lowest BCUT2D eigenvalue weighted by atomic mass is 9.97. The molecule has 10 atom stereocenters. The number of H-pyrrole nitrogens is 1. The van der Waals surface area contributed by atoms with Gasteiger partial charge >= 0.3 is 5.97 Å². The molecule has 2 aromatic rings. The number of amides is 9. The van der Waals surface area contributed by atoms with Crippen LogP contribution in [-0.2, 0) is 60.8 Å². The van der Waals surface area contributed by atoms with Crippen molar-refractivity contribution in [1.29, 1.82) is 0 Å². The van der Waals surface area contributed by atoms with Gasteiger partial charge < -0.3 is 96.0 Å². The Morgan fingerprint density at radius 1 is 0.655 bits per heavy atom. The highest BCUT2D eigenvalue weighted by atomic mass is 16.4. The topological polar surface area (TPSA) is 506 Å². The molecular weight excluding hydrogens is 1100 g/mol. The number of carbonyl (C=O) groups excluding carboxylic acids is 9. The Kier molecular flexibility index (Phi) is 32.1. The molecule has 0 saturated heterocycles. The highest BCUT2D eigenvalue weighted by Gasteiger charge is 2.37. The van der Waals surface area contributed by atoms with E-state index < -0.39 is 139 Å². The fourth-order valence-corrected chi connectivity index (χ4v) is 8.16. The van der Waals surface area contributed by atoms with Crippen molar-refractivity contribution in [3.05, 3.63) is 54.1 Å². The Bertz CT molecular complexity index is 2510. The first kappa shape index (κ1) is 71.7. The van der Waals surface area contributed by atoms with Crippen molar-refractivity contribution in [2.24, 2.45) is 44.6 Å². The number of imidazole rings is 1. The summed E-state index contributed by atoms with van der Waals surface area (Å²) in [5.41, 5.74) is 28.8. The molecule has 31 heteroatoms. The first-order valence-corrected chi connectivity index (χ1v) is 27.8. The molecule has 31 nitrogen and oxygen atoms in total. The molecule has 9 amide bonds. The average molecular weight is 1190 g/mol. The number of unbranched alkanes of at least 4 members (excludes halogenated alkanes) is 1. The third-order valence-electron chi connectivity index (χ3n) is 13.2. The van der Waals surface area contributed by atoms with Crippen molar-refractivity contribution < 1.29 is 63.3 Å². The number of aryl methyl sites for hydroxylation is 1. The second-order valence-corrected chi connectivity index (χ2v) is 20.3. The minimum atomic E-state index is -1.85. The Morgan fingerprint density at radius 3 is 1.81 bits per heavy atom. The summed E-state index contributed by atoms with van der Waals surface area (Å²) in [4.78, 5) is 152. The number of rotatable bonds is 39. The van der Waals surface area contributed by atoms with Crippen LogP contribution < -0.4 is 65.9 Å². The maximum Gasteiger partial charge on any atom is 0.323 e. The number of aliphatic carboxylic acids is 1. The van der Waals surface area contributed by atoms with Crippen molar-refractivity contribution in [2.75, 3.05) is 45.8 Å². The van der Waals surface area contributed by atoms with Gasteiger partial charge in [0.05, 0.1) is 37.7 Å².